The van der Waals surface area contributed by atoms with Gasteiger partial charge in [-0.2, -0.15) is 0 Å². The fraction of sp³-hybridized carbons (Fsp3) is 0.684. The molecule has 2 heteroatoms. The SMILES string of the molecule is COc1ccc2c(c1)[C@@H](O)C[C@@H]1[C@@H]2CC[C@]2(C)CCC[C@@H]12. The summed E-state index contributed by atoms with van der Waals surface area (Å²) >= 11 is 0. The van der Waals surface area contributed by atoms with Crippen LogP contribution in [0.3, 0.4) is 0 Å². The smallest absolute Gasteiger partial charge is 0.119 e. The fourth-order valence-electron chi connectivity index (χ4n) is 5.69. The predicted molar refractivity (Wildman–Crippen MR) is 83.5 cm³/mol. The van der Waals surface area contributed by atoms with E-state index in [9.17, 15) is 5.11 Å². The molecule has 3 aliphatic rings. The van der Waals surface area contributed by atoms with Crippen LogP contribution < -0.4 is 4.74 Å². The number of aliphatic hydroxyl groups is 1. The van der Waals surface area contributed by atoms with Crippen molar-refractivity contribution in [2.75, 3.05) is 7.11 Å². The number of aliphatic hydroxyl groups excluding tert-OH is 1. The third-order valence-electron chi connectivity index (χ3n) is 6.77. The second kappa shape index (κ2) is 4.74. The maximum absolute atomic E-state index is 10.7. The quantitative estimate of drug-likeness (QED) is 0.827. The molecule has 3 aliphatic carbocycles. The molecular weight excluding hydrogens is 260 g/mol. The van der Waals surface area contributed by atoms with Gasteiger partial charge in [0.2, 0.25) is 0 Å². The molecule has 1 aromatic carbocycles. The molecule has 0 spiro atoms. The number of hydrogen-bond donors (Lipinski definition) is 1. The molecule has 21 heavy (non-hydrogen) atoms. The molecule has 0 amide bonds. The van der Waals surface area contributed by atoms with Crippen LogP contribution >= 0.6 is 0 Å². The first-order chi connectivity index (χ1) is 10.1. The Kier molecular flexibility index (Phi) is 3.08. The number of benzene rings is 1. The van der Waals surface area contributed by atoms with E-state index in [1.165, 1.54) is 37.7 Å². The Balaban J connectivity index is 1.74. The van der Waals surface area contributed by atoms with Crippen molar-refractivity contribution in [1.82, 2.24) is 0 Å². The van der Waals surface area contributed by atoms with Crippen LogP contribution in [-0.4, -0.2) is 12.2 Å². The Morgan fingerprint density at radius 3 is 2.86 bits per heavy atom. The largest absolute Gasteiger partial charge is 0.497 e. The maximum Gasteiger partial charge on any atom is 0.119 e. The Morgan fingerprint density at radius 1 is 1.19 bits per heavy atom. The lowest BCUT2D eigenvalue weighted by Crippen LogP contribution is -2.40. The average molecular weight is 286 g/mol. The van der Waals surface area contributed by atoms with Crippen LogP contribution in [0.2, 0.25) is 0 Å². The van der Waals surface area contributed by atoms with E-state index in [1.807, 2.05) is 0 Å². The van der Waals surface area contributed by atoms with Gasteiger partial charge in [-0.05, 0) is 78.5 Å². The summed E-state index contributed by atoms with van der Waals surface area (Å²) in [5.41, 5.74) is 3.07. The summed E-state index contributed by atoms with van der Waals surface area (Å²) in [7, 11) is 1.70. The first kappa shape index (κ1) is 13.6. The lowest BCUT2D eigenvalue weighted by atomic mass is 9.55. The van der Waals surface area contributed by atoms with Gasteiger partial charge in [0.15, 0.2) is 0 Å². The van der Waals surface area contributed by atoms with Crippen LogP contribution in [0.1, 0.15) is 68.6 Å². The number of rotatable bonds is 1. The summed E-state index contributed by atoms with van der Waals surface area (Å²) in [4.78, 5) is 0. The molecule has 0 bridgehead atoms. The van der Waals surface area contributed by atoms with Gasteiger partial charge in [-0.1, -0.05) is 19.4 Å². The zero-order valence-electron chi connectivity index (χ0n) is 13.1. The van der Waals surface area contributed by atoms with Gasteiger partial charge < -0.3 is 9.84 Å². The minimum Gasteiger partial charge on any atom is -0.497 e. The minimum atomic E-state index is -0.306. The molecule has 0 unspecified atom stereocenters. The van der Waals surface area contributed by atoms with Crippen molar-refractivity contribution in [1.29, 1.82) is 0 Å². The van der Waals surface area contributed by atoms with E-state index in [1.54, 1.807) is 7.11 Å². The van der Waals surface area contributed by atoms with E-state index in [-0.39, 0.29) is 6.10 Å². The molecular formula is C19H26O2. The third-order valence-corrected chi connectivity index (χ3v) is 6.77. The van der Waals surface area contributed by atoms with Crippen LogP contribution in [0, 0.1) is 17.3 Å². The molecule has 0 aromatic heterocycles. The molecule has 1 N–H and O–H groups in total. The molecule has 0 heterocycles. The van der Waals surface area contributed by atoms with E-state index in [4.69, 9.17) is 4.74 Å². The molecule has 2 nitrogen and oxygen atoms in total. The summed E-state index contributed by atoms with van der Waals surface area (Å²) in [6, 6.07) is 6.33. The van der Waals surface area contributed by atoms with Gasteiger partial charge in [0, 0.05) is 0 Å². The molecule has 4 rings (SSSR count). The Morgan fingerprint density at radius 2 is 2.05 bits per heavy atom. The number of hydrogen-bond acceptors (Lipinski definition) is 2. The summed E-state index contributed by atoms with van der Waals surface area (Å²) in [6.45, 7) is 2.50. The van der Waals surface area contributed by atoms with Crippen molar-refractivity contribution in [2.45, 2.75) is 57.5 Å². The number of ether oxygens (including phenoxy) is 1. The van der Waals surface area contributed by atoms with E-state index in [0.717, 1.165) is 23.7 Å². The second-order valence-electron chi connectivity index (χ2n) is 7.71. The van der Waals surface area contributed by atoms with Crippen molar-refractivity contribution >= 4 is 0 Å². The standard InChI is InChI=1S/C19H26O2/c1-19-8-3-4-17(19)15-11-18(20)16-10-12(21-2)5-6-13(16)14(15)7-9-19/h5-6,10,14-15,17-18,20H,3-4,7-9,11H2,1-2H3/t14-,15-,17+,18+,19+/m1/s1. The molecule has 0 radical (unpaired) electrons. The summed E-state index contributed by atoms with van der Waals surface area (Å²) in [6.07, 6.45) is 7.45. The normalized spacial score (nSPS) is 41.1. The highest BCUT2D eigenvalue weighted by molar-refractivity contribution is 5.42. The predicted octanol–water partition coefficient (Wildman–Crippen LogP) is 4.43. The van der Waals surface area contributed by atoms with Crippen molar-refractivity contribution in [3.8, 4) is 5.75 Å². The fourth-order valence-corrected chi connectivity index (χ4v) is 5.69. The van der Waals surface area contributed by atoms with E-state index in [2.05, 4.69) is 25.1 Å². The van der Waals surface area contributed by atoms with E-state index < -0.39 is 0 Å². The summed E-state index contributed by atoms with van der Waals surface area (Å²) in [5.74, 6) is 3.03. The third kappa shape index (κ3) is 1.95. The monoisotopic (exact) mass is 286 g/mol. The highest BCUT2D eigenvalue weighted by Gasteiger charge is 2.51. The summed E-state index contributed by atoms with van der Waals surface area (Å²) in [5, 5.41) is 10.7. The first-order valence-corrected chi connectivity index (χ1v) is 8.48. The second-order valence-corrected chi connectivity index (χ2v) is 7.71. The Labute approximate surface area is 127 Å². The summed E-state index contributed by atoms with van der Waals surface area (Å²) < 4.78 is 5.34. The van der Waals surface area contributed by atoms with Gasteiger partial charge in [-0.15, -0.1) is 0 Å². The van der Waals surface area contributed by atoms with E-state index in [0.29, 0.717) is 17.3 Å². The van der Waals surface area contributed by atoms with Gasteiger partial charge in [0.25, 0.3) is 0 Å². The highest BCUT2D eigenvalue weighted by atomic mass is 16.5. The van der Waals surface area contributed by atoms with Gasteiger partial charge in [0.05, 0.1) is 13.2 Å². The van der Waals surface area contributed by atoms with Crippen LogP contribution in [0.4, 0.5) is 0 Å². The Bertz CT molecular complexity index is 552. The van der Waals surface area contributed by atoms with Crippen molar-refractivity contribution in [3.63, 3.8) is 0 Å². The van der Waals surface area contributed by atoms with E-state index >= 15 is 0 Å². The molecule has 0 aliphatic heterocycles. The zero-order chi connectivity index (χ0) is 14.6. The molecule has 2 saturated carbocycles. The van der Waals surface area contributed by atoms with Crippen LogP contribution in [-0.2, 0) is 0 Å². The molecule has 5 atom stereocenters. The lowest BCUT2D eigenvalue weighted by Gasteiger charge is -2.50. The van der Waals surface area contributed by atoms with Gasteiger partial charge in [-0.25, -0.2) is 0 Å². The van der Waals surface area contributed by atoms with Gasteiger partial charge in [0.1, 0.15) is 5.75 Å². The molecule has 1 aromatic rings. The van der Waals surface area contributed by atoms with Crippen molar-refractivity contribution < 1.29 is 9.84 Å². The van der Waals surface area contributed by atoms with Crippen molar-refractivity contribution in [3.05, 3.63) is 29.3 Å². The Hall–Kier alpha value is -1.02. The van der Waals surface area contributed by atoms with Crippen LogP contribution in [0.25, 0.3) is 0 Å². The topological polar surface area (TPSA) is 29.5 Å². The van der Waals surface area contributed by atoms with Crippen LogP contribution in [0.15, 0.2) is 18.2 Å². The highest BCUT2D eigenvalue weighted by Crippen LogP contribution is 2.62. The average Bonchev–Trinajstić information content (AvgIpc) is 2.89. The first-order valence-electron chi connectivity index (χ1n) is 8.48. The minimum absolute atomic E-state index is 0.306. The van der Waals surface area contributed by atoms with Gasteiger partial charge in [-0.3, -0.25) is 0 Å². The molecule has 114 valence electrons. The lowest BCUT2D eigenvalue weighted by molar-refractivity contribution is 0.0180. The van der Waals surface area contributed by atoms with Crippen molar-refractivity contribution in [2.24, 2.45) is 17.3 Å². The number of methoxy groups -OCH3 is 1. The number of fused-ring (bicyclic) bond motifs is 5. The molecule has 2 fully saturated rings. The van der Waals surface area contributed by atoms with Crippen LogP contribution in [0.5, 0.6) is 5.75 Å². The van der Waals surface area contributed by atoms with Gasteiger partial charge >= 0.3 is 0 Å². The maximum atomic E-state index is 10.7. The molecule has 0 saturated heterocycles. The zero-order valence-corrected chi connectivity index (χ0v) is 13.1.